The molecule has 2 unspecified atom stereocenters. The van der Waals surface area contributed by atoms with Crippen LogP contribution in [-0.2, 0) is 20.4 Å². The normalized spacial score (nSPS) is 26.2. The number of halogens is 2. The third kappa shape index (κ3) is 7.82. The summed E-state index contributed by atoms with van der Waals surface area (Å²) in [5.41, 5.74) is -0.970. The summed E-state index contributed by atoms with van der Waals surface area (Å²) in [6.07, 6.45) is 7.17. The lowest BCUT2D eigenvalue weighted by Gasteiger charge is -2.44. The predicted molar refractivity (Wildman–Crippen MR) is 173 cm³/mol. The number of aromatic amines is 1. The number of piperazine rings is 1. The molecule has 13 nitrogen and oxygen atoms in total. The van der Waals surface area contributed by atoms with Crippen molar-refractivity contribution in [2.24, 2.45) is 11.1 Å². The van der Waals surface area contributed by atoms with Crippen molar-refractivity contribution in [1.82, 2.24) is 29.0 Å². The van der Waals surface area contributed by atoms with Crippen LogP contribution in [0.25, 0.3) is 0 Å². The van der Waals surface area contributed by atoms with Crippen LogP contribution in [0.3, 0.4) is 0 Å². The van der Waals surface area contributed by atoms with E-state index in [1.165, 1.54) is 20.3 Å². The van der Waals surface area contributed by atoms with Crippen molar-refractivity contribution in [3.63, 3.8) is 0 Å². The highest BCUT2D eigenvalue weighted by atomic mass is 35.5. The van der Waals surface area contributed by atoms with Gasteiger partial charge in [-0.15, -0.1) is 34.5 Å². The van der Waals surface area contributed by atoms with Crippen LogP contribution in [0, 0.1) is 5.92 Å². The molecule has 2 saturated carbocycles. The Kier molecular flexibility index (Phi) is 10.8. The van der Waals surface area contributed by atoms with Crippen LogP contribution < -0.4 is 16.4 Å². The van der Waals surface area contributed by atoms with Gasteiger partial charge in [0.15, 0.2) is 0 Å². The summed E-state index contributed by atoms with van der Waals surface area (Å²) in [5, 5.41) is 9.18. The van der Waals surface area contributed by atoms with E-state index >= 15 is 0 Å². The lowest BCUT2D eigenvalue weighted by molar-refractivity contribution is 0.0448. The first-order valence-corrected chi connectivity index (χ1v) is 18.6. The van der Waals surface area contributed by atoms with Crippen LogP contribution in [0.15, 0.2) is 15.8 Å². The number of H-pyrrole nitrogens is 1. The third-order valence-electron chi connectivity index (χ3n) is 9.40. The lowest BCUT2D eigenvalue weighted by atomic mass is 9.69. The van der Waals surface area contributed by atoms with Gasteiger partial charge >= 0.3 is 11.7 Å². The smallest absolute Gasteiger partial charge is 0.350 e. The number of alkyl halides is 2. The molecule has 2 atom stereocenters. The maximum absolute atomic E-state index is 13.5. The Bertz CT molecular complexity index is 1570. The predicted octanol–water partition coefficient (Wildman–Crippen LogP) is 2.56. The number of carbonyl (C=O) groups excluding carboxylic acids is 1. The van der Waals surface area contributed by atoms with Gasteiger partial charge in [-0.1, -0.05) is 33.1 Å². The fourth-order valence-corrected chi connectivity index (χ4v) is 10.3. The summed E-state index contributed by atoms with van der Waals surface area (Å²) in [6.45, 7) is 6.37. The van der Waals surface area contributed by atoms with Crippen LogP contribution in [0.2, 0.25) is 0 Å². The number of hydrogen-bond donors (Lipinski definition) is 2. The van der Waals surface area contributed by atoms with Crippen LogP contribution >= 0.6 is 34.5 Å². The van der Waals surface area contributed by atoms with Crippen molar-refractivity contribution < 1.29 is 17.9 Å². The number of nitrogens with two attached hydrogens (primary N) is 1. The molecule has 1 aliphatic heterocycles. The molecular weight excluding hydrogens is 665 g/mol. The van der Waals surface area contributed by atoms with Gasteiger partial charge < -0.3 is 4.74 Å². The van der Waals surface area contributed by atoms with Crippen LogP contribution in [0.4, 0.5) is 0 Å². The van der Waals surface area contributed by atoms with Gasteiger partial charge in [-0.3, -0.25) is 14.7 Å². The van der Waals surface area contributed by atoms with E-state index in [9.17, 15) is 22.8 Å². The minimum absolute atomic E-state index is 0.168. The molecule has 45 heavy (non-hydrogen) atoms. The largest absolute Gasteiger partial charge is 0.460 e. The molecular formula is C28H41Cl2N7O6S2. The number of thiazole rings is 1. The van der Waals surface area contributed by atoms with Gasteiger partial charge in [0.25, 0.3) is 15.8 Å². The lowest BCUT2D eigenvalue weighted by Crippen LogP contribution is -2.51. The first-order valence-electron chi connectivity index (χ1n) is 15.4. The SMILES string of the molecule is CC(C)(c1nc(C2CCCCC2)c(C(=O)OCCN2CCN(S(N)(=O)=O)CC2)s1)C1C(Cl)CC(n2ncc(=O)[nH]c2=O)CC1Cl. The van der Waals surface area contributed by atoms with Crippen molar-refractivity contribution in [3.8, 4) is 0 Å². The highest BCUT2D eigenvalue weighted by Gasteiger charge is 2.48. The summed E-state index contributed by atoms with van der Waals surface area (Å²) < 4.78 is 31.4. The van der Waals surface area contributed by atoms with Crippen molar-refractivity contribution in [3.05, 3.63) is 42.6 Å². The van der Waals surface area contributed by atoms with E-state index in [2.05, 4.69) is 10.1 Å². The molecule has 3 N–H and O–H groups in total. The molecule has 2 aromatic rings. The third-order valence-corrected chi connectivity index (χ3v) is 12.8. The summed E-state index contributed by atoms with van der Waals surface area (Å²) in [5.74, 6) is -0.461. The average Bonchev–Trinajstić information content (AvgIpc) is 3.44. The van der Waals surface area contributed by atoms with E-state index in [-0.39, 0.29) is 24.5 Å². The first-order chi connectivity index (χ1) is 21.3. The summed E-state index contributed by atoms with van der Waals surface area (Å²) in [4.78, 5) is 47.4. The molecule has 0 radical (unpaired) electrons. The molecule has 3 heterocycles. The number of nitrogens with one attached hydrogen (secondary N) is 1. The molecule has 2 aliphatic carbocycles. The second kappa shape index (κ2) is 14.1. The zero-order chi connectivity index (χ0) is 32.5. The Hall–Kier alpha value is -1.88. The number of ether oxygens (including phenoxy) is 1. The van der Waals surface area contributed by atoms with Gasteiger partial charge in [0, 0.05) is 60.7 Å². The highest BCUT2D eigenvalue weighted by Crippen LogP contribution is 2.49. The summed E-state index contributed by atoms with van der Waals surface area (Å²) >= 11 is 15.4. The Balaban J connectivity index is 1.31. The molecule has 0 spiro atoms. The summed E-state index contributed by atoms with van der Waals surface area (Å²) in [7, 11) is -3.71. The van der Waals surface area contributed by atoms with Crippen molar-refractivity contribution in [2.45, 2.75) is 86.9 Å². The number of esters is 1. The zero-order valence-corrected chi connectivity index (χ0v) is 28.6. The molecule has 3 fully saturated rings. The second-order valence-electron chi connectivity index (χ2n) is 12.8. The molecule has 1 saturated heterocycles. The maximum Gasteiger partial charge on any atom is 0.350 e. The van der Waals surface area contributed by atoms with Crippen molar-refractivity contribution in [2.75, 3.05) is 39.3 Å². The Morgan fingerprint density at radius 2 is 1.76 bits per heavy atom. The Morgan fingerprint density at radius 3 is 2.36 bits per heavy atom. The Morgan fingerprint density at radius 1 is 1.11 bits per heavy atom. The van der Waals surface area contributed by atoms with Gasteiger partial charge in [-0.2, -0.15) is 17.8 Å². The first kappa shape index (κ1) is 34.5. The van der Waals surface area contributed by atoms with E-state index in [1.54, 1.807) is 0 Å². The van der Waals surface area contributed by atoms with E-state index < -0.39 is 43.6 Å². The van der Waals surface area contributed by atoms with Gasteiger partial charge in [-0.05, 0) is 25.7 Å². The zero-order valence-electron chi connectivity index (χ0n) is 25.5. The quantitative estimate of drug-likeness (QED) is 0.294. The van der Waals surface area contributed by atoms with Gasteiger partial charge in [0.05, 0.1) is 16.7 Å². The van der Waals surface area contributed by atoms with Gasteiger partial charge in [0.1, 0.15) is 17.7 Å². The van der Waals surface area contributed by atoms with Crippen LogP contribution in [0.5, 0.6) is 0 Å². The maximum atomic E-state index is 13.5. The minimum atomic E-state index is -3.71. The summed E-state index contributed by atoms with van der Waals surface area (Å²) in [6, 6.07) is -0.367. The van der Waals surface area contributed by atoms with Crippen molar-refractivity contribution in [1.29, 1.82) is 0 Å². The van der Waals surface area contributed by atoms with Gasteiger partial charge in [-0.25, -0.2) is 24.4 Å². The molecule has 0 aromatic carbocycles. The molecule has 5 rings (SSSR count). The molecule has 0 bridgehead atoms. The molecule has 0 amide bonds. The number of rotatable bonds is 9. The fourth-order valence-electron chi connectivity index (χ4n) is 6.95. The van der Waals surface area contributed by atoms with Crippen molar-refractivity contribution >= 4 is 50.7 Å². The Labute approximate surface area is 276 Å². The fraction of sp³-hybridized carbons (Fsp3) is 0.750. The minimum Gasteiger partial charge on any atom is -0.460 e. The molecule has 17 heteroatoms. The van der Waals surface area contributed by atoms with E-state index in [4.69, 9.17) is 38.1 Å². The molecule has 3 aliphatic rings. The topological polar surface area (TPSA) is 174 Å². The van der Waals surface area contributed by atoms with Crippen LogP contribution in [0.1, 0.15) is 91.1 Å². The number of aromatic nitrogens is 4. The second-order valence-corrected chi connectivity index (χ2v) is 16.4. The highest BCUT2D eigenvalue weighted by molar-refractivity contribution is 7.86. The van der Waals surface area contributed by atoms with E-state index in [1.807, 2.05) is 18.7 Å². The number of nitrogens with zero attached hydrogens (tertiary/aromatic N) is 5. The van der Waals surface area contributed by atoms with Gasteiger partial charge in [0.2, 0.25) is 0 Å². The standard InChI is InChI=1S/C28H41Cl2N7O6S2/c1-28(2,22-19(29)14-18(15-20(22)30)37-27(40)33-21(38)16-32-37)26-34-23(17-6-4-3-5-7-17)24(44-26)25(39)43-13-12-35-8-10-36(11-9-35)45(31,41)42/h16-20,22H,3-15H2,1-2H3,(H2,31,41,42)(H,33,38,40). The number of carbonyl (C=O) groups is 1. The van der Waals surface area contributed by atoms with E-state index in [0.717, 1.165) is 49.0 Å². The monoisotopic (exact) mass is 705 g/mol. The van der Waals surface area contributed by atoms with Crippen LogP contribution in [-0.4, -0.2) is 93.4 Å². The number of hydrogen-bond acceptors (Lipinski definition) is 10. The molecule has 250 valence electrons. The molecule has 2 aromatic heterocycles. The van der Waals surface area contributed by atoms with E-state index in [0.29, 0.717) is 50.4 Å². The average molecular weight is 707 g/mol.